The third-order valence-electron chi connectivity index (χ3n) is 7.89. The molecule has 4 nitrogen and oxygen atoms in total. The number of fused-ring (bicyclic) bond motifs is 4. The number of nitrogens with zero attached hydrogens (tertiary/aromatic N) is 2. The predicted octanol–water partition coefficient (Wildman–Crippen LogP) is 6.69. The Balaban J connectivity index is 1.49. The Kier molecular flexibility index (Phi) is 6.56. The van der Waals surface area contributed by atoms with Crippen LogP contribution in [0.5, 0.6) is 0 Å². The number of Topliss-reactive ketones (excluding diaryl/α,β-unsaturated/α-hetero) is 1. The van der Waals surface area contributed by atoms with Crippen LogP contribution in [0.3, 0.4) is 0 Å². The average Bonchev–Trinajstić information content (AvgIpc) is 2.94. The summed E-state index contributed by atoms with van der Waals surface area (Å²) in [7, 11) is 0. The summed E-state index contributed by atoms with van der Waals surface area (Å²) < 4.78 is 1.82. The molecule has 5 heteroatoms. The smallest absolute Gasteiger partial charge is 0.258 e. The molecule has 2 aliphatic rings. The molecule has 186 valence electrons. The summed E-state index contributed by atoms with van der Waals surface area (Å²) in [6, 6.07) is 27.8. The molecule has 0 bridgehead atoms. The zero-order valence-corrected chi connectivity index (χ0v) is 21.7. The van der Waals surface area contributed by atoms with Gasteiger partial charge in [0.2, 0.25) is 0 Å². The van der Waals surface area contributed by atoms with Gasteiger partial charge in [0.15, 0.2) is 10.9 Å². The van der Waals surface area contributed by atoms with E-state index in [2.05, 4.69) is 18.2 Å². The molecular weight excluding hydrogens is 476 g/mol. The lowest BCUT2D eigenvalue weighted by Crippen LogP contribution is -2.43. The van der Waals surface area contributed by atoms with Crippen molar-refractivity contribution in [2.75, 3.05) is 5.75 Å². The van der Waals surface area contributed by atoms with E-state index in [0.717, 1.165) is 54.5 Å². The van der Waals surface area contributed by atoms with Crippen molar-refractivity contribution in [1.82, 2.24) is 9.55 Å². The van der Waals surface area contributed by atoms with Gasteiger partial charge in [-0.05, 0) is 30.4 Å². The number of aromatic nitrogens is 2. The first-order valence-electron chi connectivity index (χ1n) is 13.1. The number of thioether (sulfide) groups is 1. The van der Waals surface area contributed by atoms with Crippen LogP contribution in [0.2, 0.25) is 0 Å². The molecule has 0 radical (unpaired) electrons. The van der Waals surface area contributed by atoms with E-state index in [-0.39, 0.29) is 22.5 Å². The van der Waals surface area contributed by atoms with Gasteiger partial charge in [-0.25, -0.2) is 4.98 Å². The number of hydrogen-bond donors (Lipinski definition) is 0. The summed E-state index contributed by atoms with van der Waals surface area (Å²) in [6.07, 6.45) is 6.45. The fourth-order valence-electron chi connectivity index (χ4n) is 6.07. The van der Waals surface area contributed by atoms with Crippen molar-refractivity contribution in [2.24, 2.45) is 0 Å². The van der Waals surface area contributed by atoms with Gasteiger partial charge in [-0.1, -0.05) is 116 Å². The molecule has 1 fully saturated rings. The molecule has 0 N–H and O–H groups in total. The fourth-order valence-corrected chi connectivity index (χ4v) is 6.96. The minimum Gasteiger partial charge on any atom is -0.293 e. The lowest BCUT2D eigenvalue weighted by molar-refractivity contribution is 0.102. The van der Waals surface area contributed by atoms with E-state index < -0.39 is 0 Å². The van der Waals surface area contributed by atoms with Crippen molar-refractivity contribution in [3.8, 4) is 11.3 Å². The first-order valence-corrected chi connectivity index (χ1v) is 14.1. The molecule has 4 aromatic rings. The summed E-state index contributed by atoms with van der Waals surface area (Å²) in [5.41, 5.74) is 5.68. The molecule has 1 spiro atoms. The zero-order valence-electron chi connectivity index (χ0n) is 20.9. The van der Waals surface area contributed by atoms with E-state index >= 15 is 0 Å². The third-order valence-corrected chi connectivity index (χ3v) is 8.86. The van der Waals surface area contributed by atoms with Crippen molar-refractivity contribution in [3.05, 3.63) is 118 Å². The quantitative estimate of drug-likeness (QED) is 0.166. The van der Waals surface area contributed by atoms with Crippen LogP contribution in [-0.4, -0.2) is 21.1 Å². The maximum Gasteiger partial charge on any atom is 0.258 e. The molecule has 1 heterocycles. The molecule has 0 atom stereocenters. The maximum atomic E-state index is 14.5. The van der Waals surface area contributed by atoms with Gasteiger partial charge in [0.1, 0.15) is 0 Å². The predicted molar refractivity (Wildman–Crippen MR) is 149 cm³/mol. The summed E-state index contributed by atoms with van der Waals surface area (Å²) in [6.45, 7) is 0.444. The Morgan fingerprint density at radius 2 is 1.54 bits per heavy atom. The van der Waals surface area contributed by atoms with Gasteiger partial charge < -0.3 is 0 Å². The van der Waals surface area contributed by atoms with Crippen LogP contribution in [0.25, 0.3) is 11.3 Å². The van der Waals surface area contributed by atoms with E-state index in [0.29, 0.717) is 17.3 Å². The Morgan fingerprint density at radius 3 is 2.30 bits per heavy atom. The number of benzene rings is 3. The SMILES string of the molecule is O=C(CSc1nc2c(c(=O)n1Cc1ccccc1)C1(CCCCC1)Cc1ccccc1-2)c1ccccc1. The van der Waals surface area contributed by atoms with Gasteiger partial charge in [0.05, 0.1) is 23.6 Å². The van der Waals surface area contributed by atoms with Crippen molar-refractivity contribution < 1.29 is 4.79 Å². The van der Waals surface area contributed by atoms with Gasteiger partial charge in [0.25, 0.3) is 5.56 Å². The first-order chi connectivity index (χ1) is 18.1. The van der Waals surface area contributed by atoms with E-state index in [4.69, 9.17) is 4.98 Å². The number of rotatable bonds is 6. The van der Waals surface area contributed by atoms with Gasteiger partial charge in [-0.3, -0.25) is 14.2 Å². The Bertz CT molecular complexity index is 1490. The van der Waals surface area contributed by atoms with Crippen LogP contribution in [0.4, 0.5) is 0 Å². The number of hydrogen-bond acceptors (Lipinski definition) is 4. The minimum absolute atomic E-state index is 0.0352. The van der Waals surface area contributed by atoms with Crippen LogP contribution in [0.1, 0.15) is 59.2 Å². The van der Waals surface area contributed by atoms with E-state index in [1.807, 2.05) is 71.3 Å². The van der Waals surface area contributed by atoms with Crippen LogP contribution < -0.4 is 5.56 Å². The Labute approximate surface area is 221 Å². The molecular formula is C32H30N2O2S. The molecule has 0 unspecified atom stereocenters. The highest BCUT2D eigenvalue weighted by atomic mass is 32.2. The summed E-state index contributed by atoms with van der Waals surface area (Å²) in [5.74, 6) is 0.268. The molecule has 1 saturated carbocycles. The van der Waals surface area contributed by atoms with Crippen molar-refractivity contribution in [2.45, 2.75) is 55.6 Å². The number of ketones is 1. The highest BCUT2D eigenvalue weighted by molar-refractivity contribution is 7.99. The van der Waals surface area contributed by atoms with E-state index in [1.165, 1.54) is 23.7 Å². The standard InChI is InChI=1S/C32H30N2O2S/c35-27(24-14-6-2-7-15-24)22-37-31-33-29-26-17-9-8-16-25(26)20-32(18-10-3-11-19-32)28(29)30(36)34(31)21-23-12-4-1-5-13-23/h1-2,4-9,12-17H,3,10-11,18-22H2. The van der Waals surface area contributed by atoms with E-state index in [9.17, 15) is 9.59 Å². The van der Waals surface area contributed by atoms with Gasteiger partial charge >= 0.3 is 0 Å². The molecule has 3 aromatic carbocycles. The van der Waals surface area contributed by atoms with Crippen LogP contribution in [0, 0.1) is 0 Å². The fraction of sp³-hybridized carbons (Fsp3) is 0.281. The lowest BCUT2D eigenvalue weighted by Gasteiger charge is -2.42. The van der Waals surface area contributed by atoms with Crippen LogP contribution in [0.15, 0.2) is 94.9 Å². The van der Waals surface area contributed by atoms with Crippen LogP contribution >= 0.6 is 11.8 Å². The zero-order chi connectivity index (χ0) is 25.2. The van der Waals surface area contributed by atoms with Crippen molar-refractivity contribution >= 4 is 17.5 Å². The number of carbonyl (C=O) groups excluding carboxylic acids is 1. The van der Waals surface area contributed by atoms with Gasteiger partial charge in [-0.15, -0.1) is 0 Å². The Morgan fingerprint density at radius 1 is 0.865 bits per heavy atom. The summed E-state index contributed by atoms with van der Waals surface area (Å²) >= 11 is 1.37. The lowest BCUT2D eigenvalue weighted by atomic mass is 9.62. The highest BCUT2D eigenvalue weighted by Gasteiger charge is 2.43. The number of carbonyl (C=O) groups is 1. The molecule has 6 rings (SSSR count). The minimum atomic E-state index is -0.159. The molecule has 2 aliphatic carbocycles. The highest BCUT2D eigenvalue weighted by Crippen LogP contribution is 2.48. The molecule has 0 amide bonds. The second kappa shape index (κ2) is 10.1. The molecule has 1 aromatic heterocycles. The van der Waals surface area contributed by atoms with Gasteiger partial charge in [0, 0.05) is 16.5 Å². The molecule has 0 aliphatic heterocycles. The monoisotopic (exact) mass is 506 g/mol. The third kappa shape index (κ3) is 4.57. The van der Waals surface area contributed by atoms with Crippen molar-refractivity contribution in [1.29, 1.82) is 0 Å². The first kappa shape index (κ1) is 23.9. The second-order valence-electron chi connectivity index (χ2n) is 10.2. The second-order valence-corrected chi connectivity index (χ2v) is 11.2. The van der Waals surface area contributed by atoms with Crippen LogP contribution in [-0.2, 0) is 18.4 Å². The largest absolute Gasteiger partial charge is 0.293 e. The van der Waals surface area contributed by atoms with Crippen molar-refractivity contribution in [3.63, 3.8) is 0 Å². The van der Waals surface area contributed by atoms with E-state index in [1.54, 1.807) is 0 Å². The Hall–Kier alpha value is -3.44. The van der Waals surface area contributed by atoms with Gasteiger partial charge in [-0.2, -0.15) is 0 Å². The average molecular weight is 507 g/mol. The summed E-state index contributed by atoms with van der Waals surface area (Å²) in [4.78, 5) is 32.6. The topological polar surface area (TPSA) is 52.0 Å². The summed E-state index contributed by atoms with van der Waals surface area (Å²) in [5, 5.41) is 0.611. The maximum absolute atomic E-state index is 14.5. The molecule has 0 saturated heterocycles. The molecule has 37 heavy (non-hydrogen) atoms. The normalized spacial score (nSPS) is 15.7.